The molecule has 0 radical (unpaired) electrons. The summed E-state index contributed by atoms with van der Waals surface area (Å²) in [5, 5.41) is 9.25. The van der Waals surface area contributed by atoms with Gasteiger partial charge in [0, 0.05) is 18.5 Å². The Morgan fingerprint density at radius 3 is 2.64 bits per heavy atom. The van der Waals surface area contributed by atoms with Crippen molar-refractivity contribution in [3.63, 3.8) is 0 Å². The van der Waals surface area contributed by atoms with Crippen LogP contribution in [0.25, 0.3) is 11.0 Å². The third-order valence-corrected chi connectivity index (χ3v) is 3.99. The molecule has 0 unspecified atom stereocenters. The highest BCUT2D eigenvalue weighted by atomic mass is 16.4. The molecular weight excluding hydrogens is 282 g/mol. The number of carbonyl (C=O) groups excluding carboxylic acids is 1. The fourth-order valence-corrected chi connectivity index (χ4v) is 2.93. The maximum atomic E-state index is 12.1. The highest BCUT2D eigenvalue weighted by Crippen LogP contribution is 2.28. The lowest BCUT2D eigenvalue weighted by atomic mass is 10.2. The van der Waals surface area contributed by atoms with E-state index < -0.39 is 5.63 Å². The summed E-state index contributed by atoms with van der Waals surface area (Å²) in [5.74, 6) is 0. The predicted octanol–water partition coefficient (Wildman–Crippen LogP) is 2.90. The number of fused-ring (bicyclic) bond motifs is 1. The van der Waals surface area contributed by atoms with E-state index in [9.17, 15) is 9.59 Å². The Morgan fingerprint density at radius 1 is 1.18 bits per heavy atom. The first kappa shape index (κ1) is 14.4. The first-order chi connectivity index (χ1) is 10.7. The van der Waals surface area contributed by atoms with Crippen molar-refractivity contribution in [2.75, 3.05) is 17.7 Å². The van der Waals surface area contributed by atoms with E-state index in [4.69, 9.17) is 4.42 Å². The van der Waals surface area contributed by atoms with E-state index in [1.807, 2.05) is 12.1 Å². The van der Waals surface area contributed by atoms with Crippen molar-refractivity contribution in [3.05, 3.63) is 34.7 Å². The van der Waals surface area contributed by atoms with Gasteiger partial charge in [-0.05, 0) is 25.0 Å². The molecule has 1 aliphatic rings. The van der Waals surface area contributed by atoms with Gasteiger partial charge in [0.25, 0.3) is 0 Å². The molecule has 1 heterocycles. The van der Waals surface area contributed by atoms with Gasteiger partial charge in [0.15, 0.2) is 5.69 Å². The Kier molecular flexibility index (Phi) is 4.00. The molecule has 116 valence electrons. The van der Waals surface area contributed by atoms with Gasteiger partial charge in [-0.1, -0.05) is 25.0 Å². The molecule has 0 saturated heterocycles. The number of amides is 2. The molecule has 22 heavy (non-hydrogen) atoms. The lowest BCUT2D eigenvalue weighted by Gasteiger charge is -2.15. The molecule has 1 aromatic heterocycles. The van der Waals surface area contributed by atoms with Crippen LogP contribution in [-0.2, 0) is 0 Å². The summed E-state index contributed by atoms with van der Waals surface area (Å²) < 4.78 is 5.27. The normalized spacial score (nSPS) is 15.0. The first-order valence-electron chi connectivity index (χ1n) is 7.50. The Labute approximate surface area is 127 Å². The van der Waals surface area contributed by atoms with Crippen LogP contribution in [0.5, 0.6) is 0 Å². The van der Waals surface area contributed by atoms with E-state index in [1.54, 1.807) is 19.2 Å². The average Bonchev–Trinajstić information content (AvgIpc) is 3.01. The van der Waals surface area contributed by atoms with Gasteiger partial charge in [0.05, 0.1) is 5.69 Å². The van der Waals surface area contributed by atoms with Gasteiger partial charge < -0.3 is 15.1 Å². The quantitative estimate of drug-likeness (QED) is 0.761. The lowest BCUT2D eigenvalue weighted by molar-refractivity contribution is 0.248. The average molecular weight is 301 g/mol. The van der Waals surface area contributed by atoms with Gasteiger partial charge in [-0.2, -0.15) is 0 Å². The van der Waals surface area contributed by atoms with Crippen LogP contribution >= 0.6 is 0 Å². The number of benzene rings is 1. The number of hydrogen-bond donors (Lipinski definition) is 3. The van der Waals surface area contributed by atoms with Crippen LogP contribution in [0.1, 0.15) is 25.7 Å². The van der Waals surface area contributed by atoms with Crippen LogP contribution in [0.2, 0.25) is 0 Å². The van der Waals surface area contributed by atoms with E-state index in [0.717, 1.165) is 31.1 Å². The Balaban J connectivity index is 1.90. The Morgan fingerprint density at radius 2 is 1.91 bits per heavy atom. The molecule has 1 aliphatic carbocycles. The second-order valence-corrected chi connectivity index (χ2v) is 5.47. The number of rotatable bonds is 3. The van der Waals surface area contributed by atoms with Crippen LogP contribution in [0.4, 0.5) is 16.2 Å². The van der Waals surface area contributed by atoms with Crippen molar-refractivity contribution in [3.8, 4) is 0 Å². The van der Waals surface area contributed by atoms with E-state index in [1.165, 1.54) is 0 Å². The van der Waals surface area contributed by atoms with E-state index in [-0.39, 0.29) is 17.8 Å². The number of urea groups is 1. The van der Waals surface area contributed by atoms with Crippen LogP contribution in [0.3, 0.4) is 0 Å². The van der Waals surface area contributed by atoms with Gasteiger partial charge in [-0.25, -0.2) is 9.59 Å². The molecule has 1 fully saturated rings. The van der Waals surface area contributed by atoms with Gasteiger partial charge >= 0.3 is 11.7 Å². The molecule has 0 atom stereocenters. The Hall–Kier alpha value is -2.50. The largest absolute Gasteiger partial charge is 0.421 e. The van der Waals surface area contributed by atoms with Gasteiger partial charge in [-0.15, -0.1) is 0 Å². The molecule has 1 saturated carbocycles. The molecule has 0 bridgehead atoms. The van der Waals surface area contributed by atoms with Crippen molar-refractivity contribution in [1.82, 2.24) is 5.32 Å². The second-order valence-electron chi connectivity index (χ2n) is 5.47. The maximum Gasteiger partial charge on any atom is 0.362 e. The minimum absolute atomic E-state index is 0.136. The van der Waals surface area contributed by atoms with E-state index in [0.29, 0.717) is 11.3 Å². The molecule has 6 nitrogen and oxygen atoms in total. The fraction of sp³-hybridized carbons (Fsp3) is 0.375. The Bertz CT molecular complexity index is 748. The standard InChI is InChI=1S/C16H19N3O3/c1-17-13-11-8-4-5-9-12(11)22-15(20)14(13)19-16(21)18-10-6-2-3-7-10/h4-5,8-10,17H,2-3,6-7H2,1H3,(H2,18,19,21). The molecular formula is C16H19N3O3. The molecule has 3 rings (SSSR count). The van der Waals surface area contributed by atoms with Crippen molar-refractivity contribution in [2.45, 2.75) is 31.7 Å². The van der Waals surface area contributed by atoms with Crippen molar-refractivity contribution in [2.24, 2.45) is 0 Å². The van der Waals surface area contributed by atoms with Crippen LogP contribution < -0.4 is 21.6 Å². The highest BCUT2D eigenvalue weighted by molar-refractivity contribution is 6.01. The van der Waals surface area contributed by atoms with Gasteiger partial charge in [0.2, 0.25) is 0 Å². The number of hydrogen-bond acceptors (Lipinski definition) is 4. The summed E-state index contributed by atoms with van der Waals surface area (Å²) in [4.78, 5) is 24.2. The monoisotopic (exact) mass is 301 g/mol. The lowest BCUT2D eigenvalue weighted by Crippen LogP contribution is -2.37. The number of nitrogens with one attached hydrogen (secondary N) is 3. The third-order valence-electron chi connectivity index (χ3n) is 3.99. The zero-order valence-corrected chi connectivity index (χ0v) is 12.4. The summed E-state index contributed by atoms with van der Waals surface area (Å²) in [6.07, 6.45) is 4.23. The molecule has 0 spiro atoms. The summed E-state index contributed by atoms with van der Waals surface area (Å²) in [6.45, 7) is 0. The number of carbonyl (C=O) groups is 1. The molecule has 2 amide bonds. The van der Waals surface area contributed by atoms with Gasteiger partial charge in [0.1, 0.15) is 5.58 Å². The zero-order chi connectivity index (χ0) is 15.5. The summed E-state index contributed by atoms with van der Waals surface area (Å²) >= 11 is 0. The summed E-state index contributed by atoms with van der Waals surface area (Å²) in [7, 11) is 1.71. The first-order valence-corrected chi connectivity index (χ1v) is 7.50. The topological polar surface area (TPSA) is 83.4 Å². The minimum atomic E-state index is -0.565. The van der Waals surface area contributed by atoms with E-state index in [2.05, 4.69) is 16.0 Å². The number of anilines is 2. The molecule has 6 heteroatoms. The molecule has 3 N–H and O–H groups in total. The number of para-hydroxylation sites is 1. The third kappa shape index (κ3) is 2.77. The fourth-order valence-electron chi connectivity index (χ4n) is 2.93. The van der Waals surface area contributed by atoms with Crippen LogP contribution in [0.15, 0.2) is 33.5 Å². The van der Waals surface area contributed by atoms with Crippen molar-refractivity contribution in [1.29, 1.82) is 0 Å². The van der Waals surface area contributed by atoms with Crippen LogP contribution in [-0.4, -0.2) is 19.1 Å². The summed E-state index contributed by atoms with van der Waals surface area (Å²) in [6, 6.07) is 7.02. The predicted molar refractivity (Wildman–Crippen MR) is 86.4 cm³/mol. The second kappa shape index (κ2) is 6.09. The van der Waals surface area contributed by atoms with Crippen LogP contribution in [0, 0.1) is 0 Å². The molecule has 0 aliphatic heterocycles. The highest BCUT2D eigenvalue weighted by Gasteiger charge is 2.20. The maximum absolute atomic E-state index is 12.1. The van der Waals surface area contributed by atoms with Gasteiger partial charge in [-0.3, -0.25) is 5.32 Å². The van der Waals surface area contributed by atoms with Crippen molar-refractivity contribution >= 4 is 28.4 Å². The zero-order valence-electron chi connectivity index (χ0n) is 12.4. The SMILES string of the molecule is CNc1c(NC(=O)NC2CCCC2)c(=O)oc2ccccc12. The molecule has 1 aromatic carbocycles. The molecule has 2 aromatic rings. The van der Waals surface area contributed by atoms with E-state index >= 15 is 0 Å². The smallest absolute Gasteiger partial charge is 0.362 e. The van der Waals surface area contributed by atoms with Crippen molar-refractivity contribution < 1.29 is 9.21 Å². The minimum Gasteiger partial charge on any atom is -0.421 e. The summed E-state index contributed by atoms with van der Waals surface area (Å²) in [5.41, 5.74) is 0.619.